The molecule has 30 heavy (non-hydrogen) atoms. The lowest BCUT2D eigenvalue weighted by molar-refractivity contribution is -0.255. The number of carboxylic acids is 1. The maximum absolute atomic E-state index is 12.6. The van der Waals surface area contributed by atoms with Crippen LogP contribution in [-0.2, 0) is 4.79 Å². The molecule has 9 heteroatoms. The number of benzene rings is 2. The number of ether oxygens (including phenoxy) is 1. The number of aliphatic imine (C=N–C) groups is 1. The molecule has 2 aromatic carbocycles. The molecule has 1 aliphatic heterocycles. The molecule has 1 heterocycles. The first-order valence-corrected chi connectivity index (χ1v) is 10.0. The minimum Gasteiger partial charge on any atom is -0.545 e. The number of carbonyl (C=O) groups excluding carboxylic acids is 2. The average Bonchev–Trinajstić information content (AvgIpc) is 2.95. The van der Waals surface area contributed by atoms with E-state index < -0.39 is 5.97 Å². The van der Waals surface area contributed by atoms with Crippen molar-refractivity contribution >= 4 is 63.8 Å². The highest BCUT2D eigenvalue weighted by atomic mass is 35.5. The normalized spacial score (nSPS) is 16.2. The van der Waals surface area contributed by atoms with Crippen LogP contribution in [0, 0.1) is 12.3 Å². The van der Waals surface area contributed by atoms with Crippen LogP contribution in [0.15, 0.2) is 46.3 Å². The van der Waals surface area contributed by atoms with Crippen molar-refractivity contribution in [2.45, 2.75) is 0 Å². The largest absolute Gasteiger partial charge is 0.545 e. The van der Waals surface area contributed by atoms with Crippen molar-refractivity contribution in [3.8, 4) is 18.1 Å². The summed E-state index contributed by atoms with van der Waals surface area (Å²) < 4.78 is 5.33. The Morgan fingerprint density at radius 3 is 2.50 bits per heavy atom. The number of rotatable bonds is 5. The number of nitrogens with zero attached hydrogens (tertiary/aromatic N) is 2. The van der Waals surface area contributed by atoms with Gasteiger partial charge in [0.25, 0.3) is 5.91 Å². The van der Waals surface area contributed by atoms with Gasteiger partial charge in [0, 0.05) is 7.05 Å². The van der Waals surface area contributed by atoms with Crippen molar-refractivity contribution in [2.75, 3.05) is 13.7 Å². The molecule has 1 saturated heterocycles. The van der Waals surface area contributed by atoms with E-state index in [1.54, 1.807) is 25.3 Å². The predicted octanol–water partition coefficient (Wildman–Crippen LogP) is 3.60. The number of carbonyl (C=O) groups is 2. The van der Waals surface area contributed by atoms with Crippen molar-refractivity contribution in [2.24, 2.45) is 4.99 Å². The molecule has 0 saturated carbocycles. The van der Waals surface area contributed by atoms with Gasteiger partial charge < -0.3 is 14.6 Å². The first-order valence-electron chi connectivity index (χ1n) is 8.43. The van der Waals surface area contributed by atoms with Gasteiger partial charge in [0.15, 0.2) is 10.9 Å². The summed E-state index contributed by atoms with van der Waals surface area (Å²) in [6.45, 7) is 0.0305. The minimum atomic E-state index is -1.27. The summed E-state index contributed by atoms with van der Waals surface area (Å²) in [5, 5.41) is 11.8. The van der Waals surface area contributed by atoms with Crippen LogP contribution in [-0.4, -0.2) is 35.6 Å². The van der Waals surface area contributed by atoms with Crippen LogP contribution in [0.5, 0.6) is 5.75 Å². The van der Waals surface area contributed by atoms with Crippen molar-refractivity contribution in [3.63, 3.8) is 0 Å². The lowest BCUT2D eigenvalue weighted by atomic mass is 10.2. The predicted molar refractivity (Wildman–Crippen MR) is 117 cm³/mol. The van der Waals surface area contributed by atoms with E-state index in [-0.39, 0.29) is 33.9 Å². The smallest absolute Gasteiger partial charge is 0.266 e. The lowest BCUT2D eigenvalue weighted by Crippen LogP contribution is -2.23. The summed E-state index contributed by atoms with van der Waals surface area (Å²) in [4.78, 5) is 29.7. The number of thioether (sulfide) groups is 1. The van der Waals surface area contributed by atoms with Gasteiger partial charge in [0.2, 0.25) is 0 Å². The van der Waals surface area contributed by atoms with E-state index in [1.165, 1.54) is 40.9 Å². The second-order valence-corrected chi connectivity index (χ2v) is 7.83. The second-order valence-electron chi connectivity index (χ2n) is 6.01. The topological polar surface area (TPSA) is 82.0 Å². The Bertz CT molecular complexity index is 1100. The number of terminal acetylenes is 1. The molecular formula is C21H13Cl2N2O4S-. The van der Waals surface area contributed by atoms with Crippen LogP contribution in [0.2, 0.25) is 10.0 Å². The van der Waals surface area contributed by atoms with Crippen LogP contribution >= 0.6 is 35.0 Å². The molecule has 1 aliphatic rings. The van der Waals surface area contributed by atoms with Gasteiger partial charge in [0.05, 0.1) is 26.6 Å². The maximum Gasteiger partial charge on any atom is 0.266 e. The Kier molecular flexibility index (Phi) is 6.73. The Labute approximate surface area is 187 Å². The first-order chi connectivity index (χ1) is 14.3. The molecule has 0 aliphatic carbocycles. The number of amidine groups is 1. The summed E-state index contributed by atoms with van der Waals surface area (Å²) in [6, 6.07) is 9.09. The summed E-state index contributed by atoms with van der Waals surface area (Å²) in [7, 11) is 1.60. The number of aromatic carboxylic acids is 1. The zero-order valence-corrected chi connectivity index (χ0v) is 17.8. The van der Waals surface area contributed by atoms with E-state index in [1.807, 2.05) is 0 Å². The van der Waals surface area contributed by atoms with Crippen molar-refractivity contribution in [3.05, 3.63) is 62.5 Å². The number of carboxylic acid groups (broad SMARTS) is 1. The quantitative estimate of drug-likeness (QED) is 0.503. The molecule has 0 unspecified atom stereocenters. The third kappa shape index (κ3) is 4.79. The van der Waals surface area contributed by atoms with E-state index in [2.05, 4.69) is 10.9 Å². The molecule has 1 fully saturated rings. The molecule has 1 amide bonds. The number of halogens is 2. The third-order valence-electron chi connectivity index (χ3n) is 3.95. The van der Waals surface area contributed by atoms with Gasteiger partial charge in [-0.3, -0.25) is 9.69 Å². The first kappa shape index (κ1) is 21.8. The lowest BCUT2D eigenvalue weighted by Gasteiger charge is -2.08. The molecule has 152 valence electrons. The monoisotopic (exact) mass is 459 g/mol. The fourth-order valence-electron chi connectivity index (χ4n) is 2.50. The summed E-state index contributed by atoms with van der Waals surface area (Å²) >= 11 is 13.6. The van der Waals surface area contributed by atoms with Crippen LogP contribution in [0.4, 0.5) is 5.69 Å². The van der Waals surface area contributed by atoms with E-state index in [9.17, 15) is 14.7 Å². The third-order valence-corrected chi connectivity index (χ3v) is 5.57. The fraction of sp³-hybridized carbons (Fsp3) is 0.0952. The highest BCUT2D eigenvalue weighted by Crippen LogP contribution is 2.37. The summed E-state index contributed by atoms with van der Waals surface area (Å²) in [5.74, 6) is 1.10. The highest BCUT2D eigenvalue weighted by molar-refractivity contribution is 8.18. The van der Waals surface area contributed by atoms with Crippen LogP contribution < -0.4 is 9.84 Å². The molecule has 0 spiro atoms. The Morgan fingerprint density at radius 1 is 1.30 bits per heavy atom. The van der Waals surface area contributed by atoms with Gasteiger partial charge >= 0.3 is 0 Å². The van der Waals surface area contributed by atoms with Gasteiger partial charge in [-0.05, 0) is 53.2 Å². The zero-order valence-electron chi connectivity index (χ0n) is 15.5. The van der Waals surface area contributed by atoms with Gasteiger partial charge in [-0.1, -0.05) is 41.3 Å². The van der Waals surface area contributed by atoms with Crippen molar-refractivity contribution < 1.29 is 19.4 Å². The van der Waals surface area contributed by atoms with E-state index in [0.717, 1.165) is 0 Å². The molecule has 0 radical (unpaired) electrons. The second kappa shape index (κ2) is 9.26. The minimum absolute atomic E-state index is 0.0305. The Morgan fingerprint density at radius 2 is 1.93 bits per heavy atom. The van der Waals surface area contributed by atoms with E-state index >= 15 is 0 Å². The molecule has 0 atom stereocenters. The maximum atomic E-state index is 12.6. The van der Waals surface area contributed by atoms with Crippen LogP contribution in [0.1, 0.15) is 15.9 Å². The van der Waals surface area contributed by atoms with Crippen molar-refractivity contribution in [1.29, 1.82) is 0 Å². The molecule has 3 rings (SSSR count). The molecule has 2 aromatic rings. The van der Waals surface area contributed by atoms with Crippen LogP contribution in [0.3, 0.4) is 0 Å². The fourth-order valence-corrected chi connectivity index (χ4v) is 4.10. The van der Waals surface area contributed by atoms with Gasteiger partial charge in [-0.15, -0.1) is 6.42 Å². The summed E-state index contributed by atoms with van der Waals surface area (Å²) in [6.07, 6.45) is 6.82. The van der Waals surface area contributed by atoms with Crippen LogP contribution in [0.25, 0.3) is 6.08 Å². The van der Waals surface area contributed by atoms with Gasteiger partial charge in [-0.25, -0.2) is 4.99 Å². The molecule has 6 nitrogen and oxygen atoms in total. The SMILES string of the molecule is C#CCOc1c(Cl)cc(/C=C2\SC(=Nc3ccc(C(=O)[O-])cc3)N(C)C2=O)cc1Cl. The van der Waals surface area contributed by atoms with Gasteiger partial charge in [0.1, 0.15) is 6.61 Å². The van der Waals surface area contributed by atoms with E-state index in [0.29, 0.717) is 21.3 Å². The van der Waals surface area contributed by atoms with E-state index in [4.69, 9.17) is 34.4 Å². The highest BCUT2D eigenvalue weighted by Gasteiger charge is 2.30. The number of hydrogen-bond acceptors (Lipinski definition) is 6. The Hall–Kier alpha value is -2.92. The number of likely N-dealkylation sites (N-methyl/N-ethyl adjacent to an activating group) is 1. The molecule has 0 bridgehead atoms. The standard InChI is InChI=1S/C21H14Cl2N2O4S/c1-3-8-29-18-15(22)9-12(10-16(18)23)11-17-19(26)25(2)21(30-17)24-14-6-4-13(5-7-14)20(27)28/h1,4-7,9-11H,8H2,2H3,(H,27,28)/p-1/b17-11-,24-21?. The molecule has 0 aromatic heterocycles. The zero-order chi connectivity index (χ0) is 21.8. The van der Waals surface area contributed by atoms with Crippen molar-refractivity contribution in [1.82, 2.24) is 4.90 Å². The number of hydrogen-bond donors (Lipinski definition) is 0. The molecular weight excluding hydrogens is 447 g/mol. The average molecular weight is 460 g/mol. The Balaban J connectivity index is 1.86. The summed E-state index contributed by atoms with van der Waals surface area (Å²) in [5.41, 5.74) is 1.16. The van der Waals surface area contributed by atoms with Gasteiger partial charge in [-0.2, -0.15) is 0 Å². The number of amides is 1. The molecule has 0 N–H and O–H groups in total.